The lowest BCUT2D eigenvalue weighted by Gasteiger charge is -2.09. The van der Waals surface area contributed by atoms with Crippen molar-refractivity contribution < 1.29 is 0 Å². The van der Waals surface area contributed by atoms with E-state index in [2.05, 4.69) is 142 Å². The number of hydrogen-bond acceptors (Lipinski definition) is 5. The maximum Gasteiger partial charge on any atom is 0.148 e. The monoisotopic (exact) mass is 646 g/mol. The van der Waals surface area contributed by atoms with Crippen LogP contribution in [0.15, 0.2) is 158 Å². The van der Waals surface area contributed by atoms with E-state index in [0.29, 0.717) is 0 Å². The fourth-order valence-corrected chi connectivity index (χ4v) is 8.07. The highest BCUT2D eigenvalue weighted by Crippen LogP contribution is 2.43. The summed E-state index contributed by atoms with van der Waals surface area (Å²) in [5, 5.41) is 16.1. The molecule has 0 aliphatic heterocycles. The molecule has 10 rings (SSSR count). The van der Waals surface area contributed by atoms with E-state index in [1.807, 2.05) is 24.4 Å². The molecule has 0 saturated carbocycles. The van der Waals surface area contributed by atoms with Crippen molar-refractivity contribution in [3.63, 3.8) is 0 Å². The van der Waals surface area contributed by atoms with Crippen molar-refractivity contribution in [1.29, 1.82) is 0 Å². The maximum absolute atomic E-state index is 5.11. The summed E-state index contributed by atoms with van der Waals surface area (Å²) in [6.45, 7) is 0. The Hall–Kier alpha value is -6.44. The molecule has 5 aromatic heterocycles. The Kier molecular flexibility index (Phi) is 6.25. The van der Waals surface area contributed by atoms with E-state index in [-0.39, 0.29) is 0 Å². The number of hydrogen-bond donors (Lipinski definition) is 0. The summed E-state index contributed by atoms with van der Waals surface area (Å²) >= 11 is 1.63. The van der Waals surface area contributed by atoms with Gasteiger partial charge in [0.2, 0.25) is 0 Å². The van der Waals surface area contributed by atoms with E-state index >= 15 is 0 Å². The molecule has 6 nitrogen and oxygen atoms in total. The molecular weight excluding hydrogens is 621 g/mol. The van der Waals surface area contributed by atoms with E-state index in [9.17, 15) is 0 Å². The summed E-state index contributed by atoms with van der Waals surface area (Å²) < 4.78 is 4.58. The SMILES string of the molecule is c1ccc(-n2c3ccccc3c3c(-c4nnc(-c5cccc6c5c5ccccc5n6-c5cccc(-c6cccnc6)n5)s4)cccc32)cc1. The van der Waals surface area contributed by atoms with Crippen LogP contribution in [0.3, 0.4) is 0 Å². The van der Waals surface area contributed by atoms with Crippen molar-refractivity contribution >= 4 is 54.9 Å². The van der Waals surface area contributed by atoms with Crippen LogP contribution in [0.1, 0.15) is 0 Å². The second kappa shape index (κ2) is 11.1. The molecule has 5 aromatic carbocycles. The van der Waals surface area contributed by atoms with Gasteiger partial charge >= 0.3 is 0 Å². The van der Waals surface area contributed by atoms with Crippen LogP contribution in [0.25, 0.3) is 87.5 Å². The quantitative estimate of drug-likeness (QED) is 0.187. The normalized spacial score (nSPS) is 11.7. The molecule has 0 aliphatic carbocycles. The van der Waals surface area contributed by atoms with E-state index in [1.54, 1.807) is 17.5 Å². The Morgan fingerprint density at radius 1 is 0.469 bits per heavy atom. The predicted octanol–water partition coefficient (Wildman–Crippen LogP) is 10.5. The van der Waals surface area contributed by atoms with Crippen molar-refractivity contribution in [2.24, 2.45) is 0 Å². The van der Waals surface area contributed by atoms with E-state index in [0.717, 1.165) is 71.2 Å². The van der Waals surface area contributed by atoms with Crippen LogP contribution in [-0.2, 0) is 0 Å². The molecule has 230 valence electrons. The number of aromatic nitrogens is 6. The van der Waals surface area contributed by atoms with Gasteiger partial charge in [0.05, 0.1) is 27.8 Å². The minimum atomic E-state index is 0.851. The van der Waals surface area contributed by atoms with Gasteiger partial charge in [0.1, 0.15) is 15.8 Å². The van der Waals surface area contributed by atoms with Crippen LogP contribution in [0.5, 0.6) is 0 Å². The van der Waals surface area contributed by atoms with Gasteiger partial charge in [-0.05, 0) is 60.7 Å². The van der Waals surface area contributed by atoms with Gasteiger partial charge in [-0.1, -0.05) is 96.3 Å². The molecule has 0 N–H and O–H groups in total. The molecule has 0 spiro atoms. The second-order valence-corrected chi connectivity index (χ2v) is 13.0. The zero-order valence-electron chi connectivity index (χ0n) is 26.1. The van der Waals surface area contributed by atoms with Crippen molar-refractivity contribution in [2.45, 2.75) is 0 Å². The highest BCUT2D eigenvalue weighted by atomic mass is 32.1. The summed E-state index contributed by atoms with van der Waals surface area (Å²) in [4.78, 5) is 9.41. The number of rotatable bonds is 5. The number of nitrogens with zero attached hydrogens (tertiary/aromatic N) is 6. The van der Waals surface area contributed by atoms with Crippen LogP contribution >= 0.6 is 11.3 Å². The average Bonchev–Trinajstić information content (AvgIpc) is 3.89. The topological polar surface area (TPSA) is 61.4 Å². The predicted molar refractivity (Wildman–Crippen MR) is 200 cm³/mol. The van der Waals surface area contributed by atoms with Gasteiger partial charge in [-0.2, -0.15) is 0 Å². The molecule has 49 heavy (non-hydrogen) atoms. The highest BCUT2D eigenvalue weighted by molar-refractivity contribution is 7.18. The standard InChI is InChI=1S/C42H26N6S/c1-2-13-28(14-3-1)47-34-20-6-4-15-29(34)39-31(17-8-22-36(39)47)41-45-46-42(49-41)32-18-9-23-37-40(32)30-16-5-7-21-35(30)48(37)38-24-10-19-33(44-38)27-12-11-25-43-26-27/h1-26H. The lowest BCUT2D eigenvalue weighted by molar-refractivity contribution is 1.08. The Bertz CT molecular complexity index is 2830. The van der Waals surface area contributed by atoms with Gasteiger partial charge < -0.3 is 4.57 Å². The van der Waals surface area contributed by atoms with Crippen LogP contribution in [-0.4, -0.2) is 29.3 Å². The molecule has 0 bridgehead atoms. The number of para-hydroxylation sites is 3. The van der Waals surface area contributed by atoms with Crippen molar-refractivity contribution in [3.05, 3.63) is 158 Å². The molecular formula is C42H26N6S. The molecule has 0 atom stereocenters. The first-order chi connectivity index (χ1) is 24.3. The first-order valence-corrected chi connectivity index (χ1v) is 17.0. The lowest BCUT2D eigenvalue weighted by Crippen LogP contribution is -1.98. The molecule has 0 saturated heterocycles. The summed E-state index contributed by atoms with van der Waals surface area (Å²) in [7, 11) is 0. The summed E-state index contributed by atoms with van der Waals surface area (Å²) in [6.07, 6.45) is 3.63. The molecule has 0 fully saturated rings. The van der Waals surface area contributed by atoms with E-state index in [4.69, 9.17) is 15.2 Å². The number of fused-ring (bicyclic) bond motifs is 6. The van der Waals surface area contributed by atoms with Crippen LogP contribution in [0.4, 0.5) is 0 Å². The molecule has 10 aromatic rings. The number of benzene rings is 5. The van der Waals surface area contributed by atoms with Gasteiger partial charge in [-0.25, -0.2) is 4.98 Å². The Morgan fingerprint density at radius 2 is 1.06 bits per heavy atom. The molecule has 5 heterocycles. The van der Waals surface area contributed by atoms with Gasteiger partial charge in [0.25, 0.3) is 0 Å². The Morgan fingerprint density at radius 3 is 1.73 bits per heavy atom. The third-order valence-electron chi connectivity index (χ3n) is 9.22. The fourth-order valence-electron chi connectivity index (χ4n) is 7.16. The fraction of sp³-hybridized carbons (Fsp3) is 0. The van der Waals surface area contributed by atoms with Crippen LogP contribution in [0, 0.1) is 0 Å². The minimum Gasteiger partial charge on any atom is -0.309 e. The van der Waals surface area contributed by atoms with E-state index in [1.165, 1.54) is 16.3 Å². The first-order valence-electron chi connectivity index (χ1n) is 16.2. The largest absolute Gasteiger partial charge is 0.309 e. The average molecular weight is 647 g/mol. The van der Waals surface area contributed by atoms with Gasteiger partial charge in [0.15, 0.2) is 0 Å². The molecule has 0 radical (unpaired) electrons. The summed E-state index contributed by atoms with van der Waals surface area (Å²) in [6, 6.07) is 50.7. The first kappa shape index (κ1) is 27.7. The third-order valence-corrected chi connectivity index (χ3v) is 10.2. The molecule has 0 aliphatic rings. The molecule has 0 amide bonds. The Balaban J connectivity index is 1.16. The third kappa shape index (κ3) is 4.33. The van der Waals surface area contributed by atoms with Gasteiger partial charge in [-0.15, -0.1) is 10.2 Å². The van der Waals surface area contributed by atoms with Gasteiger partial charge in [0, 0.05) is 56.3 Å². The summed E-state index contributed by atoms with van der Waals surface area (Å²) in [5.41, 5.74) is 9.60. The van der Waals surface area contributed by atoms with Gasteiger partial charge in [-0.3, -0.25) is 9.55 Å². The molecule has 0 unspecified atom stereocenters. The highest BCUT2D eigenvalue weighted by Gasteiger charge is 2.21. The lowest BCUT2D eigenvalue weighted by atomic mass is 10.1. The van der Waals surface area contributed by atoms with E-state index < -0.39 is 0 Å². The minimum absolute atomic E-state index is 0.851. The number of pyridine rings is 2. The van der Waals surface area contributed by atoms with Crippen LogP contribution < -0.4 is 0 Å². The summed E-state index contributed by atoms with van der Waals surface area (Å²) in [5.74, 6) is 0.851. The maximum atomic E-state index is 5.11. The Labute approximate surface area is 285 Å². The zero-order chi connectivity index (χ0) is 32.3. The second-order valence-electron chi connectivity index (χ2n) is 12.0. The van der Waals surface area contributed by atoms with Crippen molar-refractivity contribution in [1.82, 2.24) is 29.3 Å². The zero-order valence-corrected chi connectivity index (χ0v) is 26.9. The smallest absolute Gasteiger partial charge is 0.148 e. The van der Waals surface area contributed by atoms with Crippen LogP contribution in [0.2, 0.25) is 0 Å². The van der Waals surface area contributed by atoms with Crippen molar-refractivity contribution in [2.75, 3.05) is 0 Å². The van der Waals surface area contributed by atoms with Crippen molar-refractivity contribution in [3.8, 4) is 43.9 Å². The molecule has 7 heteroatoms.